The zero-order chi connectivity index (χ0) is 17.4. The van der Waals surface area contributed by atoms with Crippen LogP contribution in [-0.4, -0.2) is 21.1 Å². The number of fused-ring (bicyclic) bond motifs is 1. The molecule has 0 aliphatic rings. The lowest BCUT2D eigenvalue weighted by molar-refractivity contribution is -0.114. The van der Waals surface area contributed by atoms with E-state index in [0.717, 1.165) is 10.4 Å². The number of halogens is 1. The first-order valence-electron chi connectivity index (χ1n) is 7.29. The average Bonchev–Trinajstić information content (AvgIpc) is 2.81. The van der Waals surface area contributed by atoms with Gasteiger partial charge >= 0.3 is 0 Å². The van der Waals surface area contributed by atoms with E-state index in [1.54, 1.807) is 28.8 Å². The van der Waals surface area contributed by atoms with Gasteiger partial charge in [0.2, 0.25) is 0 Å². The molecule has 0 atom stereocenters. The van der Waals surface area contributed by atoms with Crippen molar-refractivity contribution in [2.75, 3.05) is 5.75 Å². The molecule has 0 unspecified atom stereocenters. The van der Waals surface area contributed by atoms with E-state index in [0.29, 0.717) is 26.1 Å². The van der Waals surface area contributed by atoms with Crippen molar-refractivity contribution < 1.29 is 4.79 Å². The molecule has 0 radical (unpaired) electrons. The van der Waals surface area contributed by atoms with Crippen molar-refractivity contribution in [3.8, 4) is 5.69 Å². The second-order valence-corrected chi connectivity index (χ2v) is 8.05. The molecular formula is C17H15ClN2O2S2. The Morgan fingerprint density at radius 3 is 2.58 bits per heavy atom. The van der Waals surface area contributed by atoms with Gasteiger partial charge in [0.1, 0.15) is 10.6 Å². The number of carbonyl (C=O) groups is 1. The van der Waals surface area contributed by atoms with Crippen LogP contribution in [0, 0.1) is 13.8 Å². The zero-order valence-corrected chi connectivity index (χ0v) is 15.8. The standard InChI is InChI=1S/C17H15ClN2O2S2/c1-9(21)8-23-17-19-15-14(10(2)11(3)24-15)16(22)20(17)13-6-4-12(18)5-7-13/h4-7H,8H2,1-3H3. The van der Waals surface area contributed by atoms with E-state index in [1.165, 1.54) is 30.0 Å². The smallest absolute Gasteiger partial charge is 0.267 e. The van der Waals surface area contributed by atoms with Crippen molar-refractivity contribution in [3.05, 3.63) is 50.1 Å². The Morgan fingerprint density at radius 1 is 1.29 bits per heavy atom. The fraction of sp³-hybridized carbons (Fsp3) is 0.235. The molecule has 4 nitrogen and oxygen atoms in total. The summed E-state index contributed by atoms with van der Waals surface area (Å²) >= 11 is 8.73. The number of benzene rings is 1. The normalized spacial score (nSPS) is 11.2. The molecule has 0 fully saturated rings. The Balaban J connectivity index is 2.30. The van der Waals surface area contributed by atoms with E-state index in [9.17, 15) is 9.59 Å². The van der Waals surface area contributed by atoms with Gasteiger partial charge in [-0.1, -0.05) is 23.4 Å². The molecule has 0 spiro atoms. The molecule has 0 bridgehead atoms. The minimum Gasteiger partial charge on any atom is -0.299 e. The highest BCUT2D eigenvalue weighted by atomic mass is 35.5. The third-order valence-electron chi connectivity index (χ3n) is 3.66. The van der Waals surface area contributed by atoms with Crippen LogP contribution >= 0.6 is 34.7 Å². The number of aromatic nitrogens is 2. The summed E-state index contributed by atoms with van der Waals surface area (Å²) in [6.45, 7) is 5.44. The molecule has 2 aromatic heterocycles. The van der Waals surface area contributed by atoms with Crippen molar-refractivity contribution >= 4 is 50.7 Å². The maximum absolute atomic E-state index is 13.1. The van der Waals surface area contributed by atoms with Crippen LogP contribution in [0.4, 0.5) is 0 Å². The summed E-state index contributed by atoms with van der Waals surface area (Å²) in [4.78, 5) is 30.9. The van der Waals surface area contributed by atoms with Crippen molar-refractivity contribution in [3.63, 3.8) is 0 Å². The molecule has 0 N–H and O–H groups in total. The summed E-state index contributed by atoms with van der Waals surface area (Å²) in [5.74, 6) is 0.310. The molecule has 0 saturated carbocycles. The molecule has 24 heavy (non-hydrogen) atoms. The fourth-order valence-electron chi connectivity index (χ4n) is 2.36. The Bertz CT molecular complexity index is 990. The van der Waals surface area contributed by atoms with Gasteiger partial charge in [0.25, 0.3) is 5.56 Å². The number of Topliss-reactive ketones (excluding diaryl/α,β-unsaturated/α-hetero) is 1. The van der Waals surface area contributed by atoms with Gasteiger partial charge in [-0.25, -0.2) is 4.98 Å². The minimum atomic E-state index is -0.116. The second-order valence-electron chi connectivity index (χ2n) is 5.47. The van der Waals surface area contributed by atoms with Gasteiger partial charge in [-0.3, -0.25) is 14.2 Å². The Morgan fingerprint density at radius 2 is 1.96 bits per heavy atom. The van der Waals surface area contributed by atoms with Crippen LogP contribution < -0.4 is 5.56 Å². The lowest BCUT2D eigenvalue weighted by Crippen LogP contribution is -2.22. The SMILES string of the molecule is CC(=O)CSc1nc2sc(C)c(C)c2c(=O)n1-c1ccc(Cl)cc1. The van der Waals surface area contributed by atoms with Crippen LogP contribution in [0.2, 0.25) is 5.02 Å². The summed E-state index contributed by atoms with van der Waals surface area (Å²) in [6.07, 6.45) is 0. The van der Waals surface area contributed by atoms with Crippen molar-refractivity contribution in [1.82, 2.24) is 9.55 Å². The van der Waals surface area contributed by atoms with Crippen LogP contribution in [0.5, 0.6) is 0 Å². The molecular weight excluding hydrogens is 364 g/mol. The van der Waals surface area contributed by atoms with E-state index in [1.807, 2.05) is 13.8 Å². The van der Waals surface area contributed by atoms with Crippen LogP contribution in [0.15, 0.2) is 34.2 Å². The Labute approximate surface area is 152 Å². The number of nitrogens with zero attached hydrogens (tertiary/aromatic N) is 2. The minimum absolute atomic E-state index is 0.0375. The maximum Gasteiger partial charge on any atom is 0.267 e. The van der Waals surface area contributed by atoms with Crippen molar-refractivity contribution in [2.45, 2.75) is 25.9 Å². The maximum atomic E-state index is 13.1. The number of ketones is 1. The first kappa shape index (κ1) is 17.2. The van der Waals surface area contributed by atoms with E-state index in [-0.39, 0.29) is 17.1 Å². The summed E-state index contributed by atoms with van der Waals surface area (Å²) in [5, 5.41) is 1.76. The fourth-order valence-corrected chi connectivity index (χ4v) is 4.37. The molecule has 0 amide bonds. The number of thiophene rings is 1. The number of hydrogen-bond acceptors (Lipinski definition) is 5. The number of hydrogen-bond donors (Lipinski definition) is 0. The van der Waals surface area contributed by atoms with Gasteiger partial charge in [0, 0.05) is 9.90 Å². The molecule has 1 aromatic carbocycles. The summed E-state index contributed by atoms with van der Waals surface area (Å²) in [5.41, 5.74) is 1.53. The molecule has 124 valence electrons. The van der Waals surface area contributed by atoms with Crippen LogP contribution in [0.3, 0.4) is 0 Å². The van der Waals surface area contributed by atoms with Crippen molar-refractivity contribution in [1.29, 1.82) is 0 Å². The molecule has 0 aliphatic carbocycles. The monoisotopic (exact) mass is 378 g/mol. The lowest BCUT2D eigenvalue weighted by Gasteiger charge is -2.12. The molecule has 0 saturated heterocycles. The first-order chi connectivity index (χ1) is 11.4. The average molecular weight is 379 g/mol. The van der Waals surface area contributed by atoms with Crippen LogP contribution in [-0.2, 0) is 4.79 Å². The Hall–Kier alpha value is -1.63. The highest BCUT2D eigenvalue weighted by molar-refractivity contribution is 7.99. The molecule has 3 aromatic rings. The number of rotatable bonds is 4. The Kier molecular flexibility index (Phi) is 4.80. The van der Waals surface area contributed by atoms with Gasteiger partial charge < -0.3 is 0 Å². The van der Waals surface area contributed by atoms with Gasteiger partial charge in [0.05, 0.1) is 16.8 Å². The van der Waals surface area contributed by atoms with Crippen molar-refractivity contribution in [2.24, 2.45) is 0 Å². The number of aryl methyl sites for hydroxylation is 2. The number of carbonyl (C=O) groups excluding carboxylic acids is 1. The quantitative estimate of drug-likeness (QED) is 0.498. The van der Waals surface area contributed by atoms with Gasteiger partial charge in [-0.2, -0.15) is 0 Å². The van der Waals surface area contributed by atoms with Gasteiger partial charge in [0.15, 0.2) is 5.16 Å². The summed E-state index contributed by atoms with van der Waals surface area (Å²) in [7, 11) is 0. The third-order valence-corrected chi connectivity index (χ3v) is 6.10. The molecule has 7 heteroatoms. The topological polar surface area (TPSA) is 52.0 Å². The molecule has 3 rings (SSSR count). The van der Waals surface area contributed by atoms with E-state index >= 15 is 0 Å². The number of thioether (sulfide) groups is 1. The second kappa shape index (κ2) is 6.70. The lowest BCUT2D eigenvalue weighted by atomic mass is 10.2. The van der Waals surface area contributed by atoms with E-state index < -0.39 is 0 Å². The van der Waals surface area contributed by atoms with E-state index in [2.05, 4.69) is 4.98 Å². The first-order valence-corrected chi connectivity index (χ1v) is 9.47. The van der Waals surface area contributed by atoms with Crippen LogP contribution in [0.1, 0.15) is 17.4 Å². The zero-order valence-electron chi connectivity index (χ0n) is 13.4. The predicted octanol–water partition coefficient (Wildman–Crippen LogP) is 4.40. The molecule has 0 aliphatic heterocycles. The predicted molar refractivity (Wildman–Crippen MR) is 101 cm³/mol. The highest BCUT2D eigenvalue weighted by Gasteiger charge is 2.18. The molecule has 2 heterocycles. The van der Waals surface area contributed by atoms with Gasteiger partial charge in [-0.15, -0.1) is 11.3 Å². The van der Waals surface area contributed by atoms with Crippen LogP contribution in [0.25, 0.3) is 15.9 Å². The van der Waals surface area contributed by atoms with E-state index in [4.69, 9.17) is 11.6 Å². The largest absolute Gasteiger partial charge is 0.299 e. The third kappa shape index (κ3) is 3.14. The summed E-state index contributed by atoms with van der Waals surface area (Å²) in [6, 6.07) is 7.03. The highest BCUT2D eigenvalue weighted by Crippen LogP contribution is 2.29. The summed E-state index contributed by atoms with van der Waals surface area (Å²) < 4.78 is 1.56. The van der Waals surface area contributed by atoms with Gasteiger partial charge in [-0.05, 0) is 50.6 Å².